The van der Waals surface area contributed by atoms with Crippen molar-refractivity contribution in [3.63, 3.8) is 0 Å². The molecule has 5 heteroatoms. The van der Waals surface area contributed by atoms with E-state index in [1.54, 1.807) is 30.5 Å². The van der Waals surface area contributed by atoms with Gasteiger partial charge in [-0.15, -0.1) is 0 Å². The van der Waals surface area contributed by atoms with Gasteiger partial charge in [0.1, 0.15) is 11.6 Å². The van der Waals surface area contributed by atoms with Gasteiger partial charge in [0.2, 0.25) is 0 Å². The van der Waals surface area contributed by atoms with Crippen molar-refractivity contribution in [2.24, 2.45) is 5.92 Å². The summed E-state index contributed by atoms with van der Waals surface area (Å²) in [5.74, 6) is 0.847. The van der Waals surface area contributed by atoms with Crippen LogP contribution in [0.4, 0.5) is 10.2 Å². The third kappa shape index (κ3) is 5.70. The van der Waals surface area contributed by atoms with Crippen LogP contribution in [0.5, 0.6) is 0 Å². The Labute approximate surface area is 136 Å². The summed E-state index contributed by atoms with van der Waals surface area (Å²) >= 11 is 0. The minimum atomic E-state index is -0.286. The van der Waals surface area contributed by atoms with Crippen molar-refractivity contribution >= 4 is 11.7 Å². The highest BCUT2D eigenvalue weighted by molar-refractivity contribution is 5.94. The number of anilines is 1. The Bertz CT molecular complexity index is 641. The molecule has 0 bridgehead atoms. The van der Waals surface area contributed by atoms with Gasteiger partial charge in [0.05, 0.1) is 0 Å². The smallest absolute Gasteiger partial charge is 0.251 e. The predicted octanol–water partition coefficient (Wildman–Crippen LogP) is 3.61. The molecule has 0 aliphatic rings. The standard InChI is InChI=1S/C18H22FN3O/c1-13(2)7-9-20-17-11-15(8-10-21-17)18(23)22-12-14-3-5-16(19)6-4-14/h3-6,8,10-11,13H,7,9,12H2,1-2H3,(H,20,21)(H,22,23). The maximum atomic E-state index is 12.8. The molecule has 0 radical (unpaired) electrons. The first-order valence-electron chi connectivity index (χ1n) is 7.77. The Balaban J connectivity index is 1.90. The summed E-state index contributed by atoms with van der Waals surface area (Å²) in [6.45, 7) is 5.51. The van der Waals surface area contributed by atoms with Crippen molar-refractivity contribution in [1.29, 1.82) is 0 Å². The first-order chi connectivity index (χ1) is 11.0. The van der Waals surface area contributed by atoms with Crippen molar-refractivity contribution in [1.82, 2.24) is 10.3 Å². The SMILES string of the molecule is CC(C)CCNc1cc(C(=O)NCc2ccc(F)cc2)ccn1. The minimum Gasteiger partial charge on any atom is -0.370 e. The van der Waals surface area contributed by atoms with E-state index in [1.807, 2.05) is 0 Å². The molecule has 0 aliphatic heterocycles. The Morgan fingerprint density at radius 2 is 1.96 bits per heavy atom. The summed E-state index contributed by atoms with van der Waals surface area (Å²) in [5.41, 5.74) is 1.40. The van der Waals surface area contributed by atoms with Crippen LogP contribution < -0.4 is 10.6 Å². The second kappa shape index (κ2) is 8.27. The van der Waals surface area contributed by atoms with Crippen molar-refractivity contribution in [3.05, 3.63) is 59.5 Å². The van der Waals surface area contributed by atoms with E-state index in [0.29, 0.717) is 23.8 Å². The molecule has 1 aromatic heterocycles. The van der Waals surface area contributed by atoms with Gasteiger partial charge in [-0.25, -0.2) is 9.37 Å². The van der Waals surface area contributed by atoms with E-state index >= 15 is 0 Å². The van der Waals surface area contributed by atoms with Gasteiger partial charge in [0.15, 0.2) is 0 Å². The lowest BCUT2D eigenvalue weighted by Gasteiger charge is -2.09. The summed E-state index contributed by atoms with van der Waals surface area (Å²) in [6, 6.07) is 9.48. The number of nitrogens with one attached hydrogen (secondary N) is 2. The summed E-state index contributed by atoms with van der Waals surface area (Å²) in [5, 5.41) is 6.04. The number of hydrogen-bond donors (Lipinski definition) is 2. The number of carbonyl (C=O) groups excluding carboxylic acids is 1. The van der Waals surface area contributed by atoms with Gasteiger partial charge in [-0.2, -0.15) is 0 Å². The van der Waals surface area contributed by atoms with Crippen molar-refractivity contribution in [2.45, 2.75) is 26.8 Å². The third-order valence-electron chi connectivity index (χ3n) is 3.42. The average molecular weight is 315 g/mol. The van der Waals surface area contributed by atoms with E-state index in [0.717, 1.165) is 18.5 Å². The fourth-order valence-corrected chi connectivity index (χ4v) is 2.04. The molecule has 1 amide bonds. The quantitative estimate of drug-likeness (QED) is 0.820. The van der Waals surface area contributed by atoms with E-state index < -0.39 is 0 Å². The van der Waals surface area contributed by atoms with Gasteiger partial charge in [-0.1, -0.05) is 26.0 Å². The topological polar surface area (TPSA) is 54.0 Å². The van der Waals surface area contributed by atoms with Gasteiger partial charge in [-0.3, -0.25) is 4.79 Å². The molecule has 0 unspecified atom stereocenters. The Hall–Kier alpha value is -2.43. The van der Waals surface area contributed by atoms with Gasteiger partial charge in [-0.05, 0) is 42.2 Å². The molecule has 2 N–H and O–H groups in total. The van der Waals surface area contributed by atoms with Crippen LogP contribution in [-0.2, 0) is 6.54 Å². The number of nitrogens with zero attached hydrogens (tertiary/aromatic N) is 1. The van der Waals surface area contributed by atoms with Crippen molar-refractivity contribution < 1.29 is 9.18 Å². The fraction of sp³-hybridized carbons (Fsp3) is 0.333. The van der Waals surface area contributed by atoms with Gasteiger partial charge in [0, 0.05) is 24.8 Å². The zero-order valence-corrected chi connectivity index (χ0v) is 13.5. The fourth-order valence-electron chi connectivity index (χ4n) is 2.04. The highest BCUT2D eigenvalue weighted by Gasteiger charge is 2.07. The van der Waals surface area contributed by atoms with E-state index in [1.165, 1.54) is 12.1 Å². The van der Waals surface area contributed by atoms with Crippen LogP contribution in [0.3, 0.4) is 0 Å². The second-order valence-corrected chi connectivity index (χ2v) is 5.85. The molecule has 2 rings (SSSR count). The lowest BCUT2D eigenvalue weighted by Crippen LogP contribution is -2.23. The first kappa shape index (κ1) is 16.9. The molecule has 1 aromatic carbocycles. The molecule has 1 heterocycles. The molecule has 0 saturated carbocycles. The van der Waals surface area contributed by atoms with Crippen LogP contribution in [0.25, 0.3) is 0 Å². The van der Waals surface area contributed by atoms with E-state index in [4.69, 9.17) is 0 Å². The third-order valence-corrected chi connectivity index (χ3v) is 3.42. The summed E-state index contributed by atoms with van der Waals surface area (Å²) in [6.07, 6.45) is 2.66. The molecular weight excluding hydrogens is 293 g/mol. The highest BCUT2D eigenvalue weighted by atomic mass is 19.1. The Morgan fingerprint density at radius 1 is 1.22 bits per heavy atom. The normalized spacial score (nSPS) is 10.6. The lowest BCUT2D eigenvalue weighted by molar-refractivity contribution is 0.0951. The minimum absolute atomic E-state index is 0.177. The van der Waals surface area contributed by atoms with Crippen LogP contribution in [0.1, 0.15) is 36.2 Å². The molecule has 0 fully saturated rings. The molecule has 0 aliphatic carbocycles. The van der Waals surface area contributed by atoms with E-state index in [9.17, 15) is 9.18 Å². The largest absolute Gasteiger partial charge is 0.370 e. The second-order valence-electron chi connectivity index (χ2n) is 5.85. The Kier molecular flexibility index (Phi) is 6.09. The molecule has 0 spiro atoms. The summed E-state index contributed by atoms with van der Waals surface area (Å²) in [7, 11) is 0. The van der Waals surface area contributed by atoms with Gasteiger partial charge < -0.3 is 10.6 Å². The van der Waals surface area contributed by atoms with Crippen LogP contribution in [0.15, 0.2) is 42.6 Å². The van der Waals surface area contributed by atoms with Crippen LogP contribution in [0.2, 0.25) is 0 Å². The van der Waals surface area contributed by atoms with Crippen LogP contribution in [-0.4, -0.2) is 17.4 Å². The zero-order valence-electron chi connectivity index (χ0n) is 13.5. The van der Waals surface area contributed by atoms with Crippen molar-refractivity contribution in [3.8, 4) is 0 Å². The number of hydrogen-bond acceptors (Lipinski definition) is 3. The van der Waals surface area contributed by atoms with Crippen LogP contribution in [0, 0.1) is 11.7 Å². The maximum absolute atomic E-state index is 12.8. The molecule has 0 atom stereocenters. The zero-order chi connectivity index (χ0) is 16.7. The van der Waals surface area contributed by atoms with Gasteiger partial charge in [0.25, 0.3) is 5.91 Å². The summed E-state index contributed by atoms with van der Waals surface area (Å²) in [4.78, 5) is 16.4. The maximum Gasteiger partial charge on any atom is 0.251 e. The first-order valence-corrected chi connectivity index (χ1v) is 7.77. The van der Waals surface area contributed by atoms with Crippen molar-refractivity contribution in [2.75, 3.05) is 11.9 Å². The lowest BCUT2D eigenvalue weighted by atomic mass is 10.1. The predicted molar refractivity (Wildman–Crippen MR) is 89.8 cm³/mol. The molecule has 23 heavy (non-hydrogen) atoms. The molecule has 122 valence electrons. The summed E-state index contributed by atoms with van der Waals surface area (Å²) < 4.78 is 12.8. The molecule has 4 nitrogen and oxygen atoms in total. The van der Waals surface area contributed by atoms with E-state index in [2.05, 4.69) is 29.5 Å². The molecule has 0 saturated heterocycles. The number of benzene rings is 1. The van der Waals surface area contributed by atoms with Gasteiger partial charge >= 0.3 is 0 Å². The Morgan fingerprint density at radius 3 is 2.65 bits per heavy atom. The highest BCUT2D eigenvalue weighted by Crippen LogP contribution is 2.09. The monoisotopic (exact) mass is 315 g/mol. The number of aromatic nitrogens is 1. The number of pyridine rings is 1. The molecule has 2 aromatic rings. The van der Waals surface area contributed by atoms with E-state index in [-0.39, 0.29) is 11.7 Å². The number of carbonyl (C=O) groups is 1. The molecular formula is C18H22FN3O. The number of rotatable bonds is 7. The van der Waals surface area contributed by atoms with Crippen LogP contribution >= 0.6 is 0 Å². The number of halogens is 1. The number of amides is 1. The average Bonchev–Trinajstić information content (AvgIpc) is 2.54.